The normalized spacial score (nSPS) is 10.7. The molecule has 3 aromatic rings. The molecule has 0 fully saturated rings. The van der Waals surface area contributed by atoms with Gasteiger partial charge in [-0.25, -0.2) is 4.98 Å². The Morgan fingerprint density at radius 3 is 2.81 bits per heavy atom. The van der Waals surface area contributed by atoms with Crippen LogP contribution in [-0.2, 0) is 13.2 Å². The average Bonchev–Trinajstić information content (AvgIpc) is 2.53. The maximum atomic E-state index is 11.9. The van der Waals surface area contributed by atoms with Crippen LogP contribution in [0.4, 0.5) is 0 Å². The lowest BCUT2D eigenvalue weighted by atomic mass is 10.2. The fourth-order valence-electron chi connectivity index (χ4n) is 1.94. The molecule has 6 heteroatoms. The molecule has 3 rings (SSSR count). The number of hydrogen-bond donors (Lipinski definition) is 2. The van der Waals surface area contributed by atoms with Crippen LogP contribution >= 0.6 is 0 Å². The van der Waals surface area contributed by atoms with Crippen molar-refractivity contribution in [1.29, 1.82) is 0 Å². The van der Waals surface area contributed by atoms with Gasteiger partial charge in [-0.05, 0) is 24.3 Å². The molecule has 0 bridgehead atoms. The van der Waals surface area contributed by atoms with Gasteiger partial charge in [0.05, 0.1) is 29.4 Å². The molecule has 0 atom stereocenters. The maximum absolute atomic E-state index is 11.9. The van der Waals surface area contributed by atoms with Crippen LogP contribution in [0.5, 0.6) is 5.75 Å². The monoisotopic (exact) mass is 283 g/mol. The Hall–Kier alpha value is -2.73. The van der Waals surface area contributed by atoms with Crippen LogP contribution in [0.15, 0.2) is 47.4 Å². The third-order valence-corrected chi connectivity index (χ3v) is 3.00. The Morgan fingerprint density at radius 2 is 2.05 bits per heavy atom. The fraction of sp³-hybridized carbons (Fsp3) is 0.133. The van der Waals surface area contributed by atoms with Gasteiger partial charge < -0.3 is 14.8 Å². The molecular weight excluding hydrogens is 270 g/mol. The number of pyridine rings is 1. The summed E-state index contributed by atoms with van der Waals surface area (Å²) in [4.78, 5) is 22.9. The summed E-state index contributed by atoms with van der Waals surface area (Å²) < 4.78 is 5.52. The molecule has 0 aliphatic carbocycles. The number of nitrogens with zero attached hydrogens (tertiary/aromatic N) is 2. The zero-order valence-electron chi connectivity index (χ0n) is 11.1. The molecule has 0 saturated heterocycles. The van der Waals surface area contributed by atoms with E-state index in [1.54, 1.807) is 30.3 Å². The number of benzene rings is 1. The fourth-order valence-corrected chi connectivity index (χ4v) is 1.94. The molecule has 0 aliphatic heterocycles. The number of nitrogens with one attached hydrogen (secondary N) is 1. The number of hydrogen-bond acceptors (Lipinski definition) is 5. The molecule has 2 N–H and O–H groups in total. The molecule has 2 aromatic heterocycles. The van der Waals surface area contributed by atoms with Crippen LogP contribution < -0.4 is 10.3 Å². The molecule has 0 amide bonds. The third-order valence-electron chi connectivity index (χ3n) is 3.00. The van der Waals surface area contributed by atoms with E-state index in [1.165, 1.54) is 6.20 Å². The van der Waals surface area contributed by atoms with Gasteiger partial charge in [0.2, 0.25) is 0 Å². The quantitative estimate of drug-likeness (QED) is 0.755. The lowest BCUT2D eigenvalue weighted by Gasteiger charge is -2.06. The highest BCUT2D eigenvalue weighted by atomic mass is 16.5. The topological polar surface area (TPSA) is 88.1 Å². The number of ether oxygens (including phenoxy) is 1. The zero-order valence-corrected chi connectivity index (χ0v) is 11.1. The standard InChI is InChI=1S/C15H13N3O3/c19-8-10-5-6-11(7-16-10)21-9-14-17-13-4-2-1-3-12(13)15(20)18-14/h1-7,19H,8-9H2,(H,17,18,20). The van der Waals surface area contributed by atoms with Crippen molar-refractivity contribution in [3.05, 3.63) is 64.5 Å². The Morgan fingerprint density at radius 1 is 1.19 bits per heavy atom. The summed E-state index contributed by atoms with van der Waals surface area (Å²) in [5.41, 5.74) is 1.01. The van der Waals surface area contributed by atoms with Crippen LogP contribution in [0.1, 0.15) is 11.5 Å². The van der Waals surface area contributed by atoms with Crippen LogP contribution in [0.2, 0.25) is 0 Å². The molecule has 106 valence electrons. The highest BCUT2D eigenvalue weighted by molar-refractivity contribution is 5.77. The van der Waals surface area contributed by atoms with E-state index in [1.807, 2.05) is 6.07 Å². The molecule has 0 saturated carbocycles. The van der Waals surface area contributed by atoms with Gasteiger partial charge in [0.25, 0.3) is 5.56 Å². The first kappa shape index (κ1) is 13.3. The summed E-state index contributed by atoms with van der Waals surface area (Å²) in [5.74, 6) is 0.993. The molecule has 0 radical (unpaired) electrons. The molecule has 0 aliphatic rings. The number of aliphatic hydroxyl groups is 1. The van der Waals surface area contributed by atoms with Crippen molar-refractivity contribution in [3.63, 3.8) is 0 Å². The van der Waals surface area contributed by atoms with Gasteiger partial charge in [-0.1, -0.05) is 12.1 Å². The van der Waals surface area contributed by atoms with Gasteiger partial charge in [0.1, 0.15) is 18.2 Å². The largest absolute Gasteiger partial charge is 0.484 e. The third kappa shape index (κ3) is 2.90. The van der Waals surface area contributed by atoms with Gasteiger partial charge in [-0.3, -0.25) is 9.78 Å². The van der Waals surface area contributed by atoms with Crippen molar-refractivity contribution >= 4 is 10.9 Å². The van der Waals surface area contributed by atoms with Crippen molar-refractivity contribution in [2.45, 2.75) is 13.2 Å². The Labute approximate surface area is 120 Å². The minimum Gasteiger partial charge on any atom is -0.484 e. The predicted molar refractivity (Wildman–Crippen MR) is 76.9 cm³/mol. The van der Waals surface area contributed by atoms with E-state index >= 15 is 0 Å². The first-order valence-corrected chi connectivity index (χ1v) is 6.43. The lowest BCUT2D eigenvalue weighted by Crippen LogP contribution is -2.13. The number of fused-ring (bicyclic) bond motifs is 1. The van der Waals surface area contributed by atoms with Crippen molar-refractivity contribution in [3.8, 4) is 5.75 Å². The molecule has 0 unspecified atom stereocenters. The summed E-state index contributed by atoms with van der Waals surface area (Å²) in [7, 11) is 0. The van der Waals surface area contributed by atoms with Crippen molar-refractivity contribution < 1.29 is 9.84 Å². The van der Waals surface area contributed by atoms with Gasteiger partial charge >= 0.3 is 0 Å². The second-order valence-corrected chi connectivity index (χ2v) is 4.46. The highest BCUT2D eigenvalue weighted by Crippen LogP contribution is 2.11. The highest BCUT2D eigenvalue weighted by Gasteiger charge is 2.04. The van der Waals surface area contributed by atoms with Crippen LogP contribution in [0.3, 0.4) is 0 Å². The number of aromatic nitrogens is 3. The summed E-state index contributed by atoms with van der Waals surface area (Å²) in [5, 5.41) is 9.47. The number of rotatable bonds is 4. The zero-order chi connectivity index (χ0) is 14.7. The van der Waals surface area contributed by atoms with E-state index in [9.17, 15) is 4.79 Å². The van der Waals surface area contributed by atoms with Gasteiger partial charge in [0.15, 0.2) is 0 Å². The summed E-state index contributed by atoms with van der Waals surface area (Å²) in [6, 6.07) is 10.5. The molecular formula is C15H13N3O3. The number of H-pyrrole nitrogens is 1. The van der Waals surface area contributed by atoms with E-state index in [0.29, 0.717) is 28.2 Å². The second kappa shape index (κ2) is 5.72. The molecule has 21 heavy (non-hydrogen) atoms. The molecule has 0 spiro atoms. The summed E-state index contributed by atoms with van der Waals surface area (Å²) in [6.07, 6.45) is 1.52. The van der Waals surface area contributed by atoms with Crippen LogP contribution in [0.25, 0.3) is 10.9 Å². The van der Waals surface area contributed by atoms with Crippen LogP contribution in [0, 0.1) is 0 Å². The SMILES string of the molecule is O=c1[nH]c(COc2ccc(CO)nc2)nc2ccccc12. The Bertz CT molecular complexity index is 812. The van der Waals surface area contributed by atoms with Crippen molar-refractivity contribution in [2.75, 3.05) is 0 Å². The van der Waals surface area contributed by atoms with Crippen molar-refractivity contribution in [1.82, 2.24) is 15.0 Å². The molecule has 1 aromatic carbocycles. The van der Waals surface area contributed by atoms with Crippen LogP contribution in [-0.4, -0.2) is 20.1 Å². The van der Waals surface area contributed by atoms with E-state index in [4.69, 9.17) is 9.84 Å². The van der Waals surface area contributed by atoms with E-state index in [-0.39, 0.29) is 18.8 Å². The lowest BCUT2D eigenvalue weighted by molar-refractivity contribution is 0.274. The first-order valence-electron chi connectivity index (χ1n) is 6.43. The van der Waals surface area contributed by atoms with Gasteiger partial charge in [-0.2, -0.15) is 0 Å². The number of aliphatic hydroxyl groups excluding tert-OH is 1. The summed E-state index contributed by atoms with van der Waals surface area (Å²) in [6.45, 7) is 0.0278. The Kier molecular flexibility index (Phi) is 3.61. The first-order chi connectivity index (χ1) is 10.3. The smallest absolute Gasteiger partial charge is 0.258 e. The Balaban J connectivity index is 1.80. The molecule has 6 nitrogen and oxygen atoms in total. The van der Waals surface area contributed by atoms with Crippen molar-refractivity contribution in [2.24, 2.45) is 0 Å². The molecule has 2 heterocycles. The van der Waals surface area contributed by atoms with E-state index < -0.39 is 0 Å². The van der Waals surface area contributed by atoms with Gasteiger partial charge in [-0.15, -0.1) is 0 Å². The minimum absolute atomic E-state index is 0.111. The van der Waals surface area contributed by atoms with E-state index in [2.05, 4.69) is 15.0 Å². The maximum Gasteiger partial charge on any atom is 0.258 e. The minimum atomic E-state index is -0.187. The number of aromatic amines is 1. The number of para-hydroxylation sites is 1. The van der Waals surface area contributed by atoms with E-state index in [0.717, 1.165) is 0 Å². The predicted octanol–water partition coefficient (Wildman–Crippen LogP) is 1.39. The average molecular weight is 283 g/mol. The second-order valence-electron chi connectivity index (χ2n) is 4.46. The summed E-state index contributed by atoms with van der Waals surface area (Å²) >= 11 is 0. The van der Waals surface area contributed by atoms with Gasteiger partial charge in [0, 0.05) is 0 Å².